The average Bonchev–Trinajstić information content (AvgIpc) is 2.81. The molecule has 2 fully saturated rings. The molecule has 0 spiro atoms. The topological polar surface area (TPSA) is 77.0 Å². The molecule has 2 N–H and O–H groups in total. The quantitative estimate of drug-likeness (QED) is 0.317. The number of anilines is 1. The minimum atomic E-state index is -0.747. The van der Waals surface area contributed by atoms with Crippen molar-refractivity contribution in [3.8, 4) is 0 Å². The molecular weight excluding hydrogens is 525 g/mol. The van der Waals surface area contributed by atoms with Crippen LogP contribution in [-0.2, 0) is 15.6 Å². The second kappa shape index (κ2) is 13.2. The Hall–Kier alpha value is -1.36. The number of carbonyl (C=O) groups is 1. The normalized spacial score (nSPS) is 23.0. The number of hydrogen-bond donors (Lipinski definition) is 2. The van der Waals surface area contributed by atoms with Crippen molar-refractivity contribution < 1.29 is 9.00 Å². The maximum atomic E-state index is 12.7. The van der Waals surface area contributed by atoms with Crippen molar-refractivity contribution in [2.24, 2.45) is 4.99 Å². The summed E-state index contributed by atoms with van der Waals surface area (Å²) in [7, 11) is 0.978. The molecule has 1 aromatic carbocycles. The van der Waals surface area contributed by atoms with Gasteiger partial charge in [0.05, 0.1) is 6.54 Å². The molecular formula is C22H36IN5O2S. The molecule has 174 valence electrons. The predicted molar refractivity (Wildman–Crippen MR) is 140 cm³/mol. The first-order chi connectivity index (χ1) is 14.6. The van der Waals surface area contributed by atoms with Gasteiger partial charge in [-0.25, -0.2) is 0 Å². The molecule has 7 nitrogen and oxygen atoms in total. The molecule has 1 aliphatic carbocycles. The maximum Gasteiger partial charge on any atom is 0.242 e. The second-order valence-electron chi connectivity index (χ2n) is 7.93. The van der Waals surface area contributed by atoms with Gasteiger partial charge in [-0.1, -0.05) is 31.5 Å². The number of carbonyl (C=O) groups excluding carboxylic acids is 1. The molecule has 1 aromatic rings. The zero-order valence-corrected chi connectivity index (χ0v) is 21.7. The van der Waals surface area contributed by atoms with Crippen molar-refractivity contribution in [1.82, 2.24) is 15.5 Å². The van der Waals surface area contributed by atoms with Gasteiger partial charge in [-0.3, -0.25) is 14.0 Å². The van der Waals surface area contributed by atoms with E-state index in [2.05, 4.69) is 32.7 Å². The van der Waals surface area contributed by atoms with E-state index in [9.17, 15) is 9.00 Å². The lowest BCUT2D eigenvalue weighted by Gasteiger charge is -2.36. The third-order valence-corrected chi connectivity index (χ3v) is 7.75. The van der Waals surface area contributed by atoms with E-state index in [1.54, 1.807) is 7.05 Å². The van der Waals surface area contributed by atoms with Gasteiger partial charge in [0.2, 0.25) is 5.91 Å². The summed E-state index contributed by atoms with van der Waals surface area (Å²) in [5.41, 5.74) is 1.21. The van der Waals surface area contributed by atoms with Crippen LogP contribution < -0.4 is 15.5 Å². The van der Waals surface area contributed by atoms with Crippen molar-refractivity contribution in [3.63, 3.8) is 0 Å². The molecule has 0 aromatic heterocycles. The van der Waals surface area contributed by atoms with Gasteiger partial charge in [-0.05, 0) is 31.4 Å². The predicted octanol–water partition coefficient (Wildman–Crippen LogP) is 2.20. The first-order valence-electron chi connectivity index (χ1n) is 11.0. The van der Waals surface area contributed by atoms with E-state index >= 15 is 0 Å². The lowest BCUT2D eigenvalue weighted by Crippen LogP contribution is -2.53. The van der Waals surface area contributed by atoms with Crippen LogP contribution in [0.4, 0.5) is 5.69 Å². The van der Waals surface area contributed by atoms with Crippen LogP contribution in [-0.4, -0.2) is 77.8 Å². The minimum absolute atomic E-state index is 0. The number of rotatable bonds is 6. The van der Waals surface area contributed by atoms with Crippen molar-refractivity contribution in [1.29, 1.82) is 0 Å². The lowest BCUT2D eigenvalue weighted by molar-refractivity contribution is -0.130. The number of para-hydroxylation sites is 1. The molecule has 9 heteroatoms. The Bertz CT molecular complexity index is 741. The summed E-state index contributed by atoms with van der Waals surface area (Å²) in [4.78, 5) is 21.2. The fraction of sp³-hybridized carbons (Fsp3) is 0.636. The number of nitrogens with one attached hydrogen (secondary N) is 2. The Morgan fingerprint density at radius 2 is 1.87 bits per heavy atom. The SMILES string of the molecule is CCS(=O)C1CCCC(NC(=NC)NCC(=O)N2CCN(c3ccccc3)CC2)C1.I. The highest BCUT2D eigenvalue weighted by molar-refractivity contribution is 14.0. The summed E-state index contributed by atoms with van der Waals surface area (Å²) in [6.07, 6.45) is 4.07. The van der Waals surface area contributed by atoms with Gasteiger partial charge in [-0.15, -0.1) is 24.0 Å². The number of piperazine rings is 1. The van der Waals surface area contributed by atoms with E-state index < -0.39 is 10.8 Å². The van der Waals surface area contributed by atoms with Crippen molar-refractivity contribution in [3.05, 3.63) is 30.3 Å². The summed E-state index contributed by atoms with van der Waals surface area (Å²) in [6.45, 7) is 5.38. The lowest BCUT2D eigenvalue weighted by atomic mass is 9.95. The van der Waals surface area contributed by atoms with Crippen LogP contribution in [0, 0.1) is 0 Å². The molecule has 3 atom stereocenters. The molecule has 3 rings (SSSR count). The highest BCUT2D eigenvalue weighted by Crippen LogP contribution is 2.23. The van der Waals surface area contributed by atoms with E-state index in [-0.39, 0.29) is 47.7 Å². The fourth-order valence-corrected chi connectivity index (χ4v) is 5.61. The van der Waals surface area contributed by atoms with Crippen LogP contribution in [0.25, 0.3) is 0 Å². The van der Waals surface area contributed by atoms with E-state index in [1.165, 1.54) is 5.69 Å². The zero-order chi connectivity index (χ0) is 21.3. The maximum absolute atomic E-state index is 12.7. The van der Waals surface area contributed by atoms with E-state index in [1.807, 2.05) is 30.0 Å². The van der Waals surface area contributed by atoms with Crippen LogP contribution in [0.3, 0.4) is 0 Å². The first kappa shape index (κ1) is 25.9. The Morgan fingerprint density at radius 3 is 2.52 bits per heavy atom. The number of guanidine groups is 1. The summed E-state index contributed by atoms with van der Waals surface area (Å²) >= 11 is 0. The number of halogens is 1. The molecule has 1 saturated heterocycles. The zero-order valence-electron chi connectivity index (χ0n) is 18.6. The molecule has 3 unspecified atom stereocenters. The van der Waals surface area contributed by atoms with Gasteiger partial charge in [-0.2, -0.15) is 0 Å². The van der Waals surface area contributed by atoms with Crippen LogP contribution >= 0.6 is 24.0 Å². The Labute approximate surface area is 205 Å². The third kappa shape index (κ3) is 7.62. The van der Waals surface area contributed by atoms with Crippen molar-refractivity contribution in [2.75, 3.05) is 50.4 Å². The number of aliphatic imine (C=N–C) groups is 1. The Balaban J connectivity index is 0.00000341. The van der Waals surface area contributed by atoms with E-state index in [4.69, 9.17) is 0 Å². The summed E-state index contributed by atoms with van der Waals surface area (Å²) in [5.74, 6) is 1.47. The van der Waals surface area contributed by atoms with Crippen LogP contribution in [0.1, 0.15) is 32.6 Å². The minimum Gasteiger partial charge on any atom is -0.368 e. The number of hydrogen-bond acceptors (Lipinski definition) is 4. The average molecular weight is 562 g/mol. The van der Waals surface area contributed by atoms with Crippen LogP contribution in [0.2, 0.25) is 0 Å². The molecule has 1 amide bonds. The molecule has 1 saturated carbocycles. The monoisotopic (exact) mass is 561 g/mol. The number of nitrogens with zero attached hydrogens (tertiary/aromatic N) is 3. The Kier molecular flexibility index (Phi) is 11.1. The second-order valence-corrected chi connectivity index (χ2v) is 9.93. The van der Waals surface area contributed by atoms with E-state index in [0.717, 1.165) is 57.6 Å². The smallest absolute Gasteiger partial charge is 0.242 e. The molecule has 2 aliphatic rings. The van der Waals surface area contributed by atoms with Gasteiger partial charge >= 0.3 is 0 Å². The van der Waals surface area contributed by atoms with Gasteiger partial charge in [0.1, 0.15) is 0 Å². The summed E-state index contributed by atoms with van der Waals surface area (Å²) < 4.78 is 12.2. The van der Waals surface area contributed by atoms with Gasteiger partial charge in [0.25, 0.3) is 0 Å². The first-order valence-corrected chi connectivity index (χ1v) is 12.4. The molecule has 1 aliphatic heterocycles. The number of benzene rings is 1. The fourth-order valence-electron chi connectivity index (χ4n) is 4.26. The largest absolute Gasteiger partial charge is 0.368 e. The summed E-state index contributed by atoms with van der Waals surface area (Å²) in [6, 6.07) is 10.6. The molecule has 0 radical (unpaired) electrons. The molecule has 1 heterocycles. The number of amides is 1. The van der Waals surface area contributed by atoms with Gasteiger partial charge in [0.15, 0.2) is 5.96 Å². The highest BCUT2D eigenvalue weighted by Gasteiger charge is 2.26. The molecule has 31 heavy (non-hydrogen) atoms. The van der Waals surface area contributed by atoms with Gasteiger partial charge < -0.3 is 20.4 Å². The van der Waals surface area contributed by atoms with E-state index in [0.29, 0.717) is 5.96 Å². The van der Waals surface area contributed by atoms with Crippen molar-refractivity contribution >= 4 is 52.3 Å². The Morgan fingerprint density at radius 1 is 1.16 bits per heavy atom. The standard InChI is InChI=1S/C22H35N5O2S.HI/c1-3-30(29)20-11-7-8-18(16-20)25-22(23-2)24-17-21(28)27-14-12-26(13-15-27)19-9-5-4-6-10-19;/h4-6,9-10,18,20H,3,7-8,11-17H2,1-2H3,(H2,23,24,25);1H. The summed E-state index contributed by atoms with van der Waals surface area (Å²) in [5, 5.41) is 6.87. The van der Waals surface area contributed by atoms with Gasteiger partial charge in [0, 0.05) is 66.8 Å². The van der Waals surface area contributed by atoms with Crippen LogP contribution in [0.5, 0.6) is 0 Å². The van der Waals surface area contributed by atoms with Crippen molar-refractivity contribution in [2.45, 2.75) is 43.9 Å². The third-order valence-electron chi connectivity index (χ3n) is 6.01. The molecule has 0 bridgehead atoms. The van der Waals surface area contributed by atoms with Crippen LogP contribution in [0.15, 0.2) is 35.3 Å². The highest BCUT2D eigenvalue weighted by atomic mass is 127.